The van der Waals surface area contributed by atoms with Gasteiger partial charge in [-0.1, -0.05) is 23.8 Å². The minimum absolute atomic E-state index is 0.0341. The SMILES string of the molecule is Cc1ccc(C)c(CC(=O)c2ccc(C)o2)c1. The second kappa shape index (κ2) is 4.58. The number of rotatable bonds is 3. The third-order valence-electron chi connectivity index (χ3n) is 2.87. The van der Waals surface area contributed by atoms with E-state index in [2.05, 4.69) is 12.1 Å². The number of Topliss-reactive ketones (excluding diaryl/α,β-unsaturated/α-hetero) is 1. The van der Waals surface area contributed by atoms with Crippen molar-refractivity contribution in [3.8, 4) is 0 Å². The molecule has 2 heteroatoms. The van der Waals surface area contributed by atoms with Crippen LogP contribution >= 0.6 is 0 Å². The molecule has 0 radical (unpaired) electrons. The molecule has 0 unspecified atom stereocenters. The van der Waals surface area contributed by atoms with Gasteiger partial charge >= 0.3 is 0 Å². The lowest BCUT2D eigenvalue weighted by Crippen LogP contribution is -2.04. The Morgan fingerprint density at radius 1 is 1.12 bits per heavy atom. The zero-order valence-corrected chi connectivity index (χ0v) is 10.4. The van der Waals surface area contributed by atoms with Crippen LogP contribution < -0.4 is 0 Å². The molecule has 0 aliphatic rings. The Morgan fingerprint density at radius 2 is 1.88 bits per heavy atom. The third kappa shape index (κ3) is 2.64. The van der Waals surface area contributed by atoms with Crippen molar-refractivity contribution in [2.24, 2.45) is 0 Å². The van der Waals surface area contributed by atoms with Crippen molar-refractivity contribution in [1.82, 2.24) is 0 Å². The summed E-state index contributed by atoms with van der Waals surface area (Å²) < 4.78 is 5.34. The third-order valence-corrected chi connectivity index (χ3v) is 2.87. The Labute approximate surface area is 101 Å². The van der Waals surface area contributed by atoms with E-state index in [1.165, 1.54) is 5.56 Å². The largest absolute Gasteiger partial charge is 0.458 e. The van der Waals surface area contributed by atoms with E-state index in [0.717, 1.165) is 16.9 Å². The topological polar surface area (TPSA) is 30.2 Å². The first-order valence-corrected chi connectivity index (χ1v) is 5.72. The number of hydrogen-bond donors (Lipinski definition) is 0. The molecule has 2 rings (SSSR count). The summed E-state index contributed by atoms with van der Waals surface area (Å²) in [5, 5.41) is 0. The van der Waals surface area contributed by atoms with Crippen molar-refractivity contribution >= 4 is 5.78 Å². The summed E-state index contributed by atoms with van der Waals surface area (Å²) in [4.78, 5) is 12.0. The number of aryl methyl sites for hydroxylation is 3. The standard InChI is InChI=1S/C15H16O2/c1-10-4-5-11(2)13(8-10)9-14(16)15-7-6-12(3)17-15/h4-8H,9H2,1-3H3. The molecule has 17 heavy (non-hydrogen) atoms. The van der Waals surface area contributed by atoms with E-state index in [0.29, 0.717) is 12.2 Å². The molecule has 1 aromatic carbocycles. The molecule has 0 aliphatic carbocycles. The molecular weight excluding hydrogens is 212 g/mol. The van der Waals surface area contributed by atoms with Gasteiger partial charge in [-0.05, 0) is 44.0 Å². The Kier molecular flexibility index (Phi) is 3.14. The molecule has 0 saturated carbocycles. The highest BCUT2D eigenvalue weighted by molar-refractivity contribution is 5.95. The quantitative estimate of drug-likeness (QED) is 0.751. The zero-order valence-electron chi connectivity index (χ0n) is 10.4. The summed E-state index contributed by atoms with van der Waals surface area (Å²) in [6.45, 7) is 5.90. The van der Waals surface area contributed by atoms with Crippen LogP contribution in [-0.2, 0) is 6.42 Å². The molecule has 2 aromatic rings. The van der Waals surface area contributed by atoms with Gasteiger partial charge in [0, 0.05) is 6.42 Å². The van der Waals surface area contributed by atoms with Crippen molar-refractivity contribution in [3.05, 3.63) is 58.5 Å². The van der Waals surface area contributed by atoms with Crippen LogP contribution in [0.4, 0.5) is 0 Å². The lowest BCUT2D eigenvalue weighted by molar-refractivity contribution is 0.0965. The van der Waals surface area contributed by atoms with Crippen molar-refractivity contribution in [2.45, 2.75) is 27.2 Å². The van der Waals surface area contributed by atoms with E-state index in [9.17, 15) is 4.79 Å². The average Bonchev–Trinajstić information content (AvgIpc) is 2.70. The molecule has 0 N–H and O–H groups in total. The summed E-state index contributed by atoms with van der Waals surface area (Å²) in [5.41, 5.74) is 3.39. The molecule has 0 bridgehead atoms. The van der Waals surface area contributed by atoms with E-state index in [-0.39, 0.29) is 5.78 Å². The second-order valence-electron chi connectivity index (χ2n) is 4.44. The minimum Gasteiger partial charge on any atom is -0.458 e. The smallest absolute Gasteiger partial charge is 0.202 e. The van der Waals surface area contributed by atoms with Gasteiger partial charge in [0.25, 0.3) is 0 Å². The van der Waals surface area contributed by atoms with E-state index in [1.807, 2.05) is 32.9 Å². The van der Waals surface area contributed by atoms with Gasteiger partial charge in [-0.3, -0.25) is 4.79 Å². The van der Waals surface area contributed by atoms with Gasteiger partial charge in [-0.2, -0.15) is 0 Å². The number of furan rings is 1. The first-order chi connectivity index (χ1) is 8.06. The molecule has 0 aliphatic heterocycles. The Hall–Kier alpha value is -1.83. The molecule has 0 amide bonds. The number of benzene rings is 1. The van der Waals surface area contributed by atoms with Crippen molar-refractivity contribution < 1.29 is 9.21 Å². The Bertz CT molecular complexity index is 550. The van der Waals surface area contributed by atoms with Crippen LogP contribution in [0, 0.1) is 20.8 Å². The van der Waals surface area contributed by atoms with Crippen LogP contribution in [0.1, 0.15) is 33.0 Å². The highest BCUT2D eigenvalue weighted by atomic mass is 16.3. The summed E-state index contributed by atoms with van der Waals surface area (Å²) >= 11 is 0. The summed E-state index contributed by atoms with van der Waals surface area (Å²) in [6, 6.07) is 9.72. The van der Waals surface area contributed by atoms with E-state index < -0.39 is 0 Å². The van der Waals surface area contributed by atoms with Crippen molar-refractivity contribution in [3.63, 3.8) is 0 Å². The van der Waals surface area contributed by atoms with E-state index in [1.54, 1.807) is 6.07 Å². The van der Waals surface area contributed by atoms with Gasteiger partial charge in [-0.25, -0.2) is 0 Å². The molecule has 88 valence electrons. The van der Waals surface area contributed by atoms with Crippen LogP contribution in [-0.4, -0.2) is 5.78 Å². The first kappa shape index (κ1) is 11.6. The Balaban J connectivity index is 2.21. The lowest BCUT2D eigenvalue weighted by atomic mass is 10.0. The number of hydrogen-bond acceptors (Lipinski definition) is 2. The number of carbonyl (C=O) groups is 1. The van der Waals surface area contributed by atoms with Crippen LogP contribution in [0.3, 0.4) is 0 Å². The van der Waals surface area contributed by atoms with Crippen LogP contribution in [0.25, 0.3) is 0 Å². The molecule has 1 aromatic heterocycles. The highest BCUT2D eigenvalue weighted by Crippen LogP contribution is 2.15. The zero-order chi connectivity index (χ0) is 12.4. The summed E-state index contributed by atoms with van der Waals surface area (Å²) in [6.07, 6.45) is 0.403. The Morgan fingerprint density at radius 3 is 2.53 bits per heavy atom. The minimum atomic E-state index is 0.0341. The van der Waals surface area contributed by atoms with Gasteiger partial charge in [-0.15, -0.1) is 0 Å². The van der Waals surface area contributed by atoms with Gasteiger partial charge in [0.15, 0.2) is 5.76 Å². The first-order valence-electron chi connectivity index (χ1n) is 5.72. The van der Waals surface area contributed by atoms with Gasteiger partial charge in [0.05, 0.1) is 0 Å². The molecule has 0 fully saturated rings. The van der Waals surface area contributed by atoms with Crippen molar-refractivity contribution in [1.29, 1.82) is 0 Å². The fourth-order valence-corrected chi connectivity index (χ4v) is 1.84. The predicted molar refractivity (Wildman–Crippen MR) is 67.4 cm³/mol. The molecule has 1 heterocycles. The lowest BCUT2D eigenvalue weighted by Gasteiger charge is -2.05. The second-order valence-corrected chi connectivity index (χ2v) is 4.44. The maximum atomic E-state index is 12.0. The molecule has 2 nitrogen and oxygen atoms in total. The van der Waals surface area contributed by atoms with Crippen LogP contribution in [0.2, 0.25) is 0 Å². The van der Waals surface area contributed by atoms with Crippen LogP contribution in [0.5, 0.6) is 0 Å². The van der Waals surface area contributed by atoms with E-state index >= 15 is 0 Å². The van der Waals surface area contributed by atoms with E-state index in [4.69, 9.17) is 4.42 Å². The average molecular weight is 228 g/mol. The summed E-state index contributed by atoms with van der Waals surface area (Å²) in [5.74, 6) is 1.25. The fraction of sp³-hybridized carbons (Fsp3) is 0.267. The maximum Gasteiger partial charge on any atom is 0.202 e. The van der Waals surface area contributed by atoms with Gasteiger partial charge in [0.1, 0.15) is 5.76 Å². The van der Waals surface area contributed by atoms with Gasteiger partial charge in [0.2, 0.25) is 5.78 Å². The number of carbonyl (C=O) groups excluding carboxylic acids is 1. The molecule has 0 atom stereocenters. The fourth-order valence-electron chi connectivity index (χ4n) is 1.84. The monoisotopic (exact) mass is 228 g/mol. The number of ketones is 1. The highest BCUT2D eigenvalue weighted by Gasteiger charge is 2.12. The molecule has 0 spiro atoms. The predicted octanol–water partition coefficient (Wildman–Crippen LogP) is 3.63. The summed E-state index contributed by atoms with van der Waals surface area (Å²) in [7, 11) is 0. The van der Waals surface area contributed by atoms with Gasteiger partial charge < -0.3 is 4.42 Å². The van der Waals surface area contributed by atoms with Crippen LogP contribution in [0.15, 0.2) is 34.7 Å². The maximum absolute atomic E-state index is 12.0. The molecule has 0 saturated heterocycles. The molecular formula is C15H16O2. The normalized spacial score (nSPS) is 10.5. The van der Waals surface area contributed by atoms with Crippen molar-refractivity contribution in [2.75, 3.05) is 0 Å².